The summed E-state index contributed by atoms with van der Waals surface area (Å²) in [6.07, 6.45) is 0.725. The first-order chi connectivity index (χ1) is 10.1. The zero-order chi connectivity index (χ0) is 15.2. The smallest absolute Gasteiger partial charge is 0.140 e. The molecule has 0 saturated carbocycles. The molecule has 2 aromatic rings. The topological polar surface area (TPSA) is 59.0 Å². The molecule has 0 saturated heterocycles. The van der Waals surface area contributed by atoms with E-state index >= 15 is 0 Å². The van der Waals surface area contributed by atoms with Crippen molar-refractivity contribution in [1.29, 1.82) is 5.26 Å². The van der Waals surface area contributed by atoms with Crippen molar-refractivity contribution in [2.45, 2.75) is 26.0 Å². The van der Waals surface area contributed by atoms with E-state index in [1.54, 1.807) is 6.07 Å². The van der Waals surface area contributed by atoms with Crippen molar-refractivity contribution < 1.29 is 9.13 Å². The normalized spacial score (nSPS) is 11.7. The Labute approximate surface area is 123 Å². The number of para-hydroxylation sites is 1. The summed E-state index contributed by atoms with van der Waals surface area (Å²) in [5.74, 6) is 0.247. The first kappa shape index (κ1) is 15.0. The molecule has 4 heteroatoms. The average Bonchev–Trinajstić information content (AvgIpc) is 2.47. The van der Waals surface area contributed by atoms with Crippen LogP contribution in [-0.2, 0) is 13.0 Å². The van der Waals surface area contributed by atoms with E-state index in [1.165, 1.54) is 12.1 Å². The summed E-state index contributed by atoms with van der Waals surface area (Å²) in [6, 6.07) is 14.0. The molecule has 2 N–H and O–H groups in total. The van der Waals surface area contributed by atoms with Gasteiger partial charge in [0.2, 0.25) is 0 Å². The summed E-state index contributed by atoms with van der Waals surface area (Å²) in [4.78, 5) is 0. The van der Waals surface area contributed by atoms with Crippen molar-refractivity contribution in [3.63, 3.8) is 0 Å². The zero-order valence-corrected chi connectivity index (χ0v) is 11.8. The Kier molecular flexibility index (Phi) is 4.91. The van der Waals surface area contributed by atoms with Gasteiger partial charge in [0.25, 0.3) is 0 Å². The Morgan fingerprint density at radius 2 is 2.05 bits per heavy atom. The van der Waals surface area contributed by atoms with E-state index in [0.717, 1.165) is 23.3 Å². The van der Waals surface area contributed by atoms with Gasteiger partial charge in [0.1, 0.15) is 24.2 Å². The van der Waals surface area contributed by atoms with Gasteiger partial charge in [-0.05, 0) is 42.7 Å². The summed E-state index contributed by atoms with van der Waals surface area (Å²) in [7, 11) is 0. The second-order valence-electron chi connectivity index (χ2n) is 5.00. The number of nitrogens with two attached hydrogens (primary N) is 1. The highest BCUT2D eigenvalue weighted by atomic mass is 19.1. The minimum absolute atomic E-state index is 0.0277. The van der Waals surface area contributed by atoms with Gasteiger partial charge in [-0.15, -0.1) is 0 Å². The Morgan fingerprint density at radius 3 is 2.76 bits per heavy atom. The van der Waals surface area contributed by atoms with E-state index < -0.39 is 5.82 Å². The molecule has 0 radical (unpaired) electrons. The molecule has 1 atom stereocenters. The maximum Gasteiger partial charge on any atom is 0.140 e. The monoisotopic (exact) mass is 284 g/mol. The highest BCUT2D eigenvalue weighted by molar-refractivity contribution is 5.36. The van der Waals surface area contributed by atoms with E-state index in [0.29, 0.717) is 0 Å². The van der Waals surface area contributed by atoms with Crippen LogP contribution in [0.2, 0.25) is 0 Å². The molecule has 0 aromatic heterocycles. The Balaban J connectivity index is 2.12. The SMILES string of the molecule is CC(N)Cc1ccccc1OCc1ccc(F)c(C#N)c1. The van der Waals surface area contributed by atoms with Crippen LogP contribution in [0, 0.1) is 17.1 Å². The Bertz CT molecular complexity index is 662. The summed E-state index contributed by atoms with van der Waals surface area (Å²) in [6.45, 7) is 2.22. The molecule has 2 aromatic carbocycles. The van der Waals surface area contributed by atoms with Gasteiger partial charge in [0, 0.05) is 6.04 Å². The van der Waals surface area contributed by atoms with E-state index in [4.69, 9.17) is 15.7 Å². The van der Waals surface area contributed by atoms with Crippen LogP contribution in [0.25, 0.3) is 0 Å². The number of halogens is 1. The minimum atomic E-state index is -0.515. The van der Waals surface area contributed by atoms with Crippen molar-refractivity contribution in [3.05, 3.63) is 65.0 Å². The third kappa shape index (κ3) is 4.04. The molecule has 0 fully saturated rings. The molecule has 3 nitrogen and oxygen atoms in total. The summed E-state index contributed by atoms with van der Waals surface area (Å²) < 4.78 is 19.0. The van der Waals surface area contributed by atoms with Crippen LogP contribution >= 0.6 is 0 Å². The van der Waals surface area contributed by atoms with Gasteiger partial charge in [-0.3, -0.25) is 0 Å². The third-order valence-electron chi connectivity index (χ3n) is 3.06. The van der Waals surface area contributed by atoms with Crippen LogP contribution < -0.4 is 10.5 Å². The largest absolute Gasteiger partial charge is 0.489 e. The highest BCUT2D eigenvalue weighted by Crippen LogP contribution is 2.21. The standard InChI is InChI=1S/C17H17FN2O/c1-12(20)8-14-4-2-3-5-17(14)21-11-13-6-7-16(18)15(9-13)10-19/h2-7,9,12H,8,11,20H2,1H3. The molecule has 0 aliphatic carbocycles. The molecule has 1 unspecified atom stereocenters. The lowest BCUT2D eigenvalue weighted by atomic mass is 10.1. The molecule has 0 aliphatic rings. The highest BCUT2D eigenvalue weighted by Gasteiger charge is 2.07. The van der Waals surface area contributed by atoms with Crippen molar-refractivity contribution in [2.75, 3.05) is 0 Å². The van der Waals surface area contributed by atoms with Gasteiger partial charge >= 0.3 is 0 Å². The van der Waals surface area contributed by atoms with Gasteiger partial charge in [-0.2, -0.15) is 5.26 Å². The molecule has 108 valence electrons. The lowest BCUT2D eigenvalue weighted by molar-refractivity contribution is 0.302. The quantitative estimate of drug-likeness (QED) is 0.917. The van der Waals surface area contributed by atoms with Gasteiger partial charge in [0.15, 0.2) is 0 Å². The van der Waals surface area contributed by atoms with Crippen molar-refractivity contribution >= 4 is 0 Å². The van der Waals surface area contributed by atoms with Gasteiger partial charge in [-0.1, -0.05) is 24.3 Å². The maximum atomic E-state index is 13.3. The van der Waals surface area contributed by atoms with Gasteiger partial charge < -0.3 is 10.5 Å². The minimum Gasteiger partial charge on any atom is -0.489 e. The van der Waals surface area contributed by atoms with Crippen molar-refractivity contribution in [1.82, 2.24) is 0 Å². The number of benzene rings is 2. The lowest BCUT2D eigenvalue weighted by Crippen LogP contribution is -2.18. The predicted molar refractivity (Wildman–Crippen MR) is 79.2 cm³/mol. The van der Waals surface area contributed by atoms with Crippen LogP contribution in [0.3, 0.4) is 0 Å². The number of nitriles is 1. The second kappa shape index (κ2) is 6.87. The van der Waals surface area contributed by atoms with E-state index in [2.05, 4.69) is 0 Å². The van der Waals surface area contributed by atoms with E-state index in [1.807, 2.05) is 37.3 Å². The molecule has 0 aliphatic heterocycles. The molecular formula is C17H17FN2O. The van der Waals surface area contributed by atoms with Crippen molar-refractivity contribution in [3.8, 4) is 11.8 Å². The van der Waals surface area contributed by atoms with Gasteiger partial charge in [0.05, 0.1) is 5.56 Å². The summed E-state index contributed by atoms with van der Waals surface area (Å²) in [5, 5.41) is 8.83. The molecule has 0 heterocycles. The maximum absolute atomic E-state index is 13.3. The molecule has 2 rings (SSSR count). The number of nitrogens with zero attached hydrogens (tertiary/aromatic N) is 1. The van der Waals surface area contributed by atoms with Crippen molar-refractivity contribution in [2.24, 2.45) is 5.73 Å². The molecule has 0 spiro atoms. The third-order valence-corrected chi connectivity index (χ3v) is 3.06. The summed E-state index contributed by atoms with van der Waals surface area (Å²) >= 11 is 0. The molecule has 21 heavy (non-hydrogen) atoms. The van der Waals surface area contributed by atoms with E-state index in [9.17, 15) is 4.39 Å². The van der Waals surface area contributed by atoms with Gasteiger partial charge in [-0.25, -0.2) is 4.39 Å². The predicted octanol–water partition coefficient (Wildman–Crippen LogP) is 3.17. The molecular weight excluding hydrogens is 267 g/mol. The van der Waals surface area contributed by atoms with Crippen LogP contribution in [0.1, 0.15) is 23.6 Å². The Hall–Kier alpha value is -2.38. The number of ether oxygens (including phenoxy) is 1. The number of hydrogen-bond acceptors (Lipinski definition) is 3. The summed E-state index contributed by atoms with van der Waals surface area (Å²) in [5.41, 5.74) is 7.64. The fourth-order valence-electron chi connectivity index (χ4n) is 2.07. The average molecular weight is 284 g/mol. The van der Waals surface area contributed by atoms with Crippen LogP contribution in [0.15, 0.2) is 42.5 Å². The van der Waals surface area contributed by atoms with E-state index in [-0.39, 0.29) is 18.2 Å². The van der Waals surface area contributed by atoms with Crippen LogP contribution in [-0.4, -0.2) is 6.04 Å². The lowest BCUT2D eigenvalue weighted by Gasteiger charge is -2.13. The molecule has 0 bridgehead atoms. The number of rotatable bonds is 5. The first-order valence-electron chi connectivity index (χ1n) is 6.75. The van der Waals surface area contributed by atoms with Crippen LogP contribution in [0.5, 0.6) is 5.75 Å². The Morgan fingerprint density at radius 1 is 1.29 bits per heavy atom. The zero-order valence-electron chi connectivity index (χ0n) is 11.8. The second-order valence-corrected chi connectivity index (χ2v) is 5.00. The fraction of sp³-hybridized carbons (Fsp3) is 0.235. The number of hydrogen-bond donors (Lipinski definition) is 1. The fourth-order valence-corrected chi connectivity index (χ4v) is 2.07. The molecule has 0 amide bonds. The first-order valence-corrected chi connectivity index (χ1v) is 6.75. The van der Waals surface area contributed by atoms with Crippen LogP contribution in [0.4, 0.5) is 4.39 Å².